The maximum atomic E-state index is 12.5. The Kier molecular flexibility index (Phi) is 2.36. The fourth-order valence-corrected chi connectivity index (χ4v) is 0.980. The quantitative estimate of drug-likeness (QED) is 0.662. The van der Waals surface area contributed by atoms with E-state index in [4.69, 9.17) is 0 Å². The van der Waals surface area contributed by atoms with Crippen LogP contribution in [-0.2, 0) is 0 Å². The molecule has 0 aliphatic heterocycles. The largest absolute Gasteiger partial charge is 0.228 e. The second-order valence-electron chi connectivity index (χ2n) is 1.52. The highest BCUT2D eigenvalue weighted by atomic mass is 79.9. The number of aromatic nitrogens is 1. The molecule has 0 atom stereocenters. The molecule has 10 heavy (non-hydrogen) atoms. The minimum Gasteiger partial charge on any atom is -0.224 e. The Balaban J connectivity index is 3.34. The minimum absolute atomic E-state index is 0.00694. The van der Waals surface area contributed by atoms with Gasteiger partial charge < -0.3 is 0 Å². The van der Waals surface area contributed by atoms with E-state index in [1.54, 1.807) is 0 Å². The maximum Gasteiger partial charge on any atom is 0.228 e. The predicted molar refractivity (Wildman–Crippen MR) is 39.6 cm³/mol. The zero-order valence-corrected chi connectivity index (χ0v) is 7.71. The van der Waals surface area contributed by atoms with Crippen LogP contribution in [0, 0.1) is 11.8 Å². The van der Waals surface area contributed by atoms with Gasteiger partial charge in [-0.05, 0) is 31.9 Å². The first-order valence-corrected chi connectivity index (χ1v) is 3.86. The fourth-order valence-electron chi connectivity index (χ4n) is 0.422. The van der Waals surface area contributed by atoms with Crippen molar-refractivity contribution in [3.05, 3.63) is 26.9 Å². The Hall–Kier alpha value is -0.0300. The molecule has 0 amide bonds. The first kappa shape index (κ1) is 8.07. The van der Waals surface area contributed by atoms with Crippen LogP contribution in [0.5, 0.6) is 0 Å². The van der Waals surface area contributed by atoms with E-state index in [0.717, 1.165) is 6.20 Å². The van der Waals surface area contributed by atoms with Crippen LogP contribution in [0.3, 0.4) is 0 Å². The van der Waals surface area contributed by atoms with Crippen molar-refractivity contribution in [3.63, 3.8) is 0 Å². The van der Waals surface area contributed by atoms with Crippen molar-refractivity contribution in [1.82, 2.24) is 4.98 Å². The second kappa shape index (κ2) is 2.92. The molecule has 0 N–H and O–H groups in total. The Morgan fingerprint density at radius 2 is 1.80 bits per heavy atom. The van der Waals surface area contributed by atoms with Gasteiger partial charge in [-0.15, -0.1) is 0 Å². The zero-order valence-electron chi connectivity index (χ0n) is 4.54. The topological polar surface area (TPSA) is 12.9 Å². The molecule has 0 aliphatic rings. The van der Waals surface area contributed by atoms with Gasteiger partial charge in [-0.25, -0.2) is 9.37 Å². The van der Waals surface area contributed by atoms with Gasteiger partial charge >= 0.3 is 0 Å². The highest BCUT2D eigenvalue weighted by Gasteiger charge is 2.08. The third kappa shape index (κ3) is 1.34. The summed E-state index contributed by atoms with van der Waals surface area (Å²) in [6, 6.07) is 0. The van der Waals surface area contributed by atoms with Crippen molar-refractivity contribution in [2.75, 3.05) is 0 Å². The maximum absolute atomic E-state index is 12.5. The molecule has 1 nitrogen and oxygen atoms in total. The number of hydrogen-bond acceptors (Lipinski definition) is 1. The van der Waals surface area contributed by atoms with Crippen molar-refractivity contribution in [2.24, 2.45) is 0 Å². The summed E-state index contributed by atoms with van der Waals surface area (Å²) >= 11 is 5.63. The summed E-state index contributed by atoms with van der Waals surface area (Å²) in [6.07, 6.45) is 0.810. The highest BCUT2D eigenvalue weighted by molar-refractivity contribution is 9.13. The molecule has 1 aromatic heterocycles. The Labute approximate surface area is 72.7 Å². The predicted octanol–water partition coefficient (Wildman–Crippen LogP) is 2.88. The molecule has 0 spiro atoms. The summed E-state index contributed by atoms with van der Waals surface area (Å²) in [4.78, 5) is 3.12. The van der Waals surface area contributed by atoms with Crippen LogP contribution >= 0.6 is 31.9 Å². The van der Waals surface area contributed by atoms with Crippen LogP contribution in [0.4, 0.5) is 8.78 Å². The van der Waals surface area contributed by atoms with E-state index in [2.05, 4.69) is 36.8 Å². The van der Waals surface area contributed by atoms with Gasteiger partial charge in [0.2, 0.25) is 5.95 Å². The average molecular weight is 273 g/mol. The van der Waals surface area contributed by atoms with Gasteiger partial charge in [0.05, 0.1) is 15.1 Å². The molecular formula is C5HBr2F2N. The smallest absolute Gasteiger partial charge is 0.224 e. The number of pyridine rings is 1. The molecule has 1 aromatic rings. The number of hydrogen-bond donors (Lipinski definition) is 0. The fraction of sp³-hybridized carbons (Fsp3) is 0. The van der Waals surface area contributed by atoms with Crippen LogP contribution in [-0.4, -0.2) is 4.98 Å². The number of halogens is 4. The van der Waals surface area contributed by atoms with E-state index in [9.17, 15) is 8.78 Å². The van der Waals surface area contributed by atoms with E-state index >= 15 is 0 Å². The molecule has 1 rings (SSSR count). The van der Waals surface area contributed by atoms with Crippen molar-refractivity contribution in [1.29, 1.82) is 0 Å². The first-order valence-electron chi connectivity index (χ1n) is 2.28. The zero-order chi connectivity index (χ0) is 7.72. The molecule has 0 radical (unpaired) electrons. The van der Waals surface area contributed by atoms with Gasteiger partial charge in [-0.3, -0.25) is 0 Å². The van der Waals surface area contributed by atoms with E-state index in [1.165, 1.54) is 0 Å². The van der Waals surface area contributed by atoms with Gasteiger partial charge in [0.1, 0.15) is 0 Å². The molecule has 0 saturated carbocycles. The summed E-state index contributed by atoms with van der Waals surface area (Å²) in [6.45, 7) is 0. The van der Waals surface area contributed by atoms with Gasteiger partial charge in [-0.1, -0.05) is 0 Å². The van der Waals surface area contributed by atoms with Crippen LogP contribution in [0.1, 0.15) is 0 Å². The Bertz CT molecular complexity index is 237. The van der Waals surface area contributed by atoms with Crippen molar-refractivity contribution in [3.8, 4) is 0 Å². The second-order valence-corrected chi connectivity index (χ2v) is 3.11. The average Bonchev–Trinajstić information content (AvgIpc) is 1.93. The molecule has 0 bridgehead atoms. The number of rotatable bonds is 0. The molecule has 1 heterocycles. The lowest BCUT2D eigenvalue weighted by Crippen LogP contribution is -1.88. The Morgan fingerprint density at radius 1 is 1.20 bits per heavy atom. The van der Waals surface area contributed by atoms with Crippen LogP contribution in [0.25, 0.3) is 0 Å². The van der Waals surface area contributed by atoms with Crippen LogP contribution < -0.4 is 0 Å². The molecule has 0 aliphatic carbocycles. The number of nitrogens with zero attached hydrogens (tertiary/aromatic N) is 1. The first-order chi connectivity index (χ1) is 4.63. The normalized spacial score (nSPS) is 10.0. The monoisotopic (exact) mass is 271 g/mol. The lowest BCUT2D eigenvalue weighted by molar-refractivity contribution is 0.548. The third-order valence-electron chi connectivity index (χ3n) is 0.875. The molecule has 0 saturated heterocycles. The summed E-state index contributed by atoms with van der Waals surface area (Å²) < 4.78 is 24.9. The van der Waals surface area contributed by atoms with Gasteiger partial charge in [0, 0.05) is 0 Å². The molecular weight excluding hydrogens is 272 g/mol. The summed E-state index contributed by atoms with van der Waals surface area (Å²) in [5, 5.41) is 0. The van der Waals surface area contributed by atoms with Crippen LogP contribution in [0.2, 0.25) is 0 Å². The van der Waals surface area contributed by atoms with Crippen molar-refractivity contribution < 1.29 is 8.78 Å². The lowest BCUT2D eigenvalue weighted by atomic mass is 10.5. The van der Waals surface area contributed by atoms with Crippen molar-refractivity contribution in [2.45, 2.75) is 0 Å². The van der Waals surface area contributed by atoms with Gasteiger partial charge in [0.25, 0.3) is 0 Å². The molecule has 0 fully saturated rings. The van der Waals surface area contributed by atoms with Crippen LogP contribution in [0.15, 0.2) is 15.1 Å². The minimum atomic E-state index is -0.728. The van der Waals surface area contributed by atoms with E-state index in [0.29, 0.717) is 0 Å². The van der Waals surface area contributed by atoms with Gasteiger partial charge in [0.15, 0.2) is 5.82 Å². The SMILES string of the molecule is Fc1cnc(F)c(Br)c1Br. The van der Waals surface area contributed by atoms with E-state index in [-0.39, 0.29) is 8.95 Å². The molecule has 54 valence electrons. The van der Waals surface area contributed by atoms with E-state index in [1.807, 2.05) is 0 Å². The Morgan fingerprint density at radius 3 is 2.30 bits per heavy atom. The third-order valence-corrected chi connectivity index (χ3v) is 2.91. The summed E-state index contributed by atoms with van der Waals surface area (Å²) in [5.74, 6) is -1.32. The summed E-state index contributed by atoms with van der Waals surface area (Å²) in [7, 11) is 0. The van der Waals surface area contributed by atoms with Crippen molar-refractivity contribution >= 4 is 31.9 Å². The molecule has 0 unspecified atom stereocenters. The van der Waals surface area contributed by atoms with Gasteiger partial charge in [-0.2, -0.15) is 4.39 Å². The molecule has 0 aromatic carbocycles. The van der Waals surface area contributed by atoms with E-state index < -0.39 is 11.8 Å². The lowest BCUT2D eigenvalue weighted by Gasteiger charge is -1.96. The molecule has 5 heteroatoms. The summed E-state index contributed by atoms with van der Waals surface area (Å²) in [5.41, 5.74) is 0. The highest BCUT2D eigenvalue weighted by Crippen LogP contribution is 2.26. The standard InChI is InChI=1S/C5HBr2F2N/c6-3-2(8)1-10-5(9)4(3)7/h1H.